The number of alkyl carbamates (subject to hydrolysis) is 1. The summed E-state index contributed by atoms with van der Waals surface area (Å²) < 4.78 is 20.9. The molecule has 0 saturated carbocycles. The molecule has 0 saturated heterocycles. The summed E-state index contributed by atoms with van der Waals surface area (Å²) in [5.41, 5.74) is -0.106. The first-order valence-electron chi connectivity index (χ1n) is 12.7. The van der Waals surface area contributed by atoms with Gasteiger partial charge in [-0.15, -0.1) is 0 Å². The summed E-state index contributed by atoms with van der Waals surface area (Å²) in [5, 5.41) is 5.60. The minimum atomic E-state index is -1.07. The van der Waals surface area contributed by atoms with E-state index >= 15 is 0 Å². The largest absolute Gasteiger partial charge is 0.495 e. The van der Waals surface area contributed by atoms with Crippen LogP contribution in [-0.4, -0.2) is 61.9 Å². The Morgan fingerprint density at radius 1 is 1.10 bits per heavy atom. The van der Waals surface area contributed by atoms with Crippen molar-refractivity contribution in [3.8, 4) is 5.75 Å². The Labute approximate surface area is 235 Å². The van der Waals surface area contributed by atoms with E-state index < -0.39 is 47.6 Å². The quantitative estimate of drug-likeness (QED) is 0.194. The van der Waals surface area contributed by atoms with Crippen LogP contribution < -0.4 is 15.4 Å². The van der Waals surface area contributed by atoms with Crippen molar-refractivity contribution < 1.29 is 38.1 Å². The molecule has 0 aliphatic carbocycles. The van der Waals surface area contributed by atoms with E-state index in [2.05, 4.69) is 17.2 Å². The van der Waals surface area contributed by atoms with Gasteiger partial charge in [0.2, 0.25) is 5.91 Å². The number of carbonyl (C=O) groups excluding carboxylic acids is 4. The maximum absolute atomic E-state index is 13.1. The number of halogens is 1. The van der Waals surface area contributed by atoms with Gasteiger partial charge in [0.1, 0.15) is 24.0 Å². The third-order valence-electron chi connectivity index (χ3n) is 5.20. The second kappa shape index (κ2) is 16.0. The Morgan fingerprint density at radius 2 is 1.77 bits per heavy atom. The predicted octanol–water partition coefficient (Wildman–Crippen LogP) is 4.22. The van der Waals surface area contributed by atoms with Gasteiger partial charge >= 0.3 is 18.0 Å². The Kier molecular flexibility index (Phi) is 13.8. The molecular formula is C28H41ClN2O8. The highest BCUT2D eigenvalue weighted by molar-refractivity contribution is 6.32. The number of methoxy groups -OCH3 is 1. The zero-order valence-electron chi connectivity index (χ0n) is 23.8. The lowest BCUT2D eigenvalue weighted by molar-refractivity contribution is -0.170. The summed E-state index contributed by atoms with van der Waals surface area (Å²) >= 11 is 6.22. The van der Waals surface area contributed by atoms with Crippen LogP contribution in [0.25, 0.3) is 0 Å². The summed E-state index contributed by atoms with van der Waals surface area (Å²) in [5.74, 6) is -2.12. The zero-order chi connectivity index (χ0) is 29.8. The van der Waals surface area contributed by atoms with E-state index in [0.717, 1.165) is 0 Å². The van der Waals surface area contributed by atoms with Crippen molar-refractivity contribution >= 4 is 35.5 Å². The number of hydrogen-bond donors (Lipinski definition) is 2. The van der Waals surface area contributed by atoms with E-state index in [1.165, 1.54) is 13.2 Å². The number of esters is 2. The number of amides is 2. The summed E-state index contributed by atoms with van der Waals surface area (Å²) in [4.78, 5) is 50.6. The maximum Gasteiger partial charge on any atom is 0.408 e. The van der Waals surface area contributed by atoms with Crippen LogP contribution >= 0.6 is 11.6 Å². The zero-order valence-corrected chi connectivity index (χ0v) is 24.6. The fraction of sp³-hybridized carbons (Fsp3) is 0.571. The van der Waals surface area contributed by atoms with Gasteiger partial charge in [-0.2, -0.15) is 0 Å². The van der Waals surface area contributed by atoms with Crippen LogP contribution in [0.15, 0.2) is 30.9 Å². The fourth-order valence-electron chi connectivity index (χ4n) is 3.30. The average molecular weight is 569 g/mol. The third-order valence-corrected chi connectivity index (χ3v) is 5.49. The second-order valence-corrected chi connectivity index (χ2v) is 10.9. The molecule has 0 fully saturated rings. The lowest BCUT2D eigenvalue weighted by Crippen LogP contribution is -2.50. The molecule has 0 aliphatic heterocycles. The van der Waals surface area contributed by atoms with E-state index in [9.17, 15) is 19.2 Å². The Bertz CT molecular complexity index is 1010. The molecule has 0 aromatic heterocycles. The molecule has 11 heteroatoms. The minimum absolute atomic E-state index is 0.00202. The van der Waals surface area contributed by atoms with Crippen LogP contribution in [0.4, 0.5) is 4.79 Å². The number of carbonyl (C=O) groups is 4. The molecule has 10 nitrogen and oxygen atoms in total. The normalized spacial score (nSPS) is 13.5. The van der Waals surface area contributed by atoms with E-state index in [4.69, 9.17) is 30.5 Å². The highest BCUT2D eigenvalue weighted by Crippen LogP contribution is 2.25. The summed E-state index contributed by atoms with van der Waals surface area (Å²) in [6, 6.07) is 3.99. The monoisotopic (exact) mass is 568 g/mol. The Hall–Kier alpha value is -3.27. The molecule has 1 aromatic rings. The number of benzene rings is 1. The van der Waals surface area contributed by atoms with Crippen LogP contribution in [0.3, 0.4) is 0 Å². The lowest BCUT2D eigenvalue weighted by Gasteiger charge is -2.24. The molecule has 39 heavy (non-hydrogen) atoms. The number of nitrogens with one attached hydrogen (secondary N) is 2. The smallest absolute Gasteiger partial charge is 0.408 e. The molecule has 218 valence electrons. The van der Waals surface area contributed by atoms with Crippen molar-refractivity contribution in [2.24, 2.45) is 11.8 Å². The highest BCUT2D eigenvalue weighted by Gasteiger charge is 2.29. The first kappa shape index (κ1) is 33.8. The topological polar surface area (TPSA) is 129 Å². The molecule has 2 N–H and O–H groups in total. The van der Waals surface area contributed by atoms with E-state index in [1.807, 2.05) is 13.8 Å². The molecule has 0 bridgehead atoms. The molecule has 0 unspecified atom stereocenters. The molecule has 1 rings (SSSR count). The summed E-state index contributed by atoms with van der Waals surface area (Å²) in [6.45, 7) is 13.9. The number of hydrogen-bond acceptors (Lipinski definition) is 8. The van der Waals surface area contributed by atoms with Crippen molar-refractivity contribution in [1.82, 2.24) is 10.6 Å². The van der Waals surface area contributed by atoms with Gasteiger partial charge in [0.15, 0.2) is 6.10 Å². The molecule has 0 aliphatic rings. The van der Waals surface area contributed by atoms with Crippen molar-refractivity contribution in [2.45, 2.75) is 72.1 Å². The summed E-state index contributed by atoms with van der Waals surface area (Å²) in [6.07, 6.45) is -0.0422. The van der Waals surface area contributed by atoms with Gasteiger partial charge in [0, 0.05) is 13.0 Å². The molecule has 2 amide bonds. The van der Waals surface area contributed by atoms with Crippen LogP contribution in [-0.2, 0) is 35.0 Å². The predicted molar refractivity (Wildman–Crippen MR) is 148 cm³/mol. The molecule has 1 aromatic carbocycles. The average Bonchev–Trinajstić information content (AvgIpc) is 2.83. The number of rotatable bonds is 14. The second-order valence-electron chi connectivity index (χ2n) is 10.5. The minimum Gasteiger partial charge on any atom is -0.495 e. The van der Waals surface area contributed by atoms with Gasteiger partial charge < -0.3 is 29.6 Å². The SMILES string of the molecule is C=CCOC(=O)[C@H](CC(C)C)OC(=O)[C@H](C)CNC(=O)[C@@H](Cc1ccc(OC)c(Cl)c1)NC(=O)OC(C)(C)C. The molecule has 0 spiro atoms. The molecule has 0 radical (unpaired) electrons. The maximum atomic E-state index is 13.1. The Morgan fingerprint density at radius 3 is 2.31 bits per heavy atom. The molecular weight excluding hydrogens is 528 g/mol. The van der Waals surface area contributed by atoms with Crippen molar-refractivity contribution in [1.29, 1.82) is 0 Å². The van der Waals surface area contributed by atoms with E-state index in [-0.39, 0.29) is 31.9 Å². The first-order valence-corrected chi connectivity index (χ1v) is 13.1. The van der Waals surface area contributed by atoms with Crippen molar-refractivity contribution in [3.63, 3.8) is 0 Å². The van der Waals surface area contributed by atoms with E-state index in [0.29, 0.717) is 16.3 Å². The van der Waals surface area contributed by atoms with Crippen LogP contribution in [0.2, 0.25) is 5.02 Å². The summed E-state index contributed by atoms with van der Waals surface area (Å²) in [7, 11) is 1.49. The van der Waals surface area contributed by atoms with Crippen LogP contribution in [0.5, 0.6) is 5.75 Å². The van der Waals surface area contributed by atoms with Gasteiger partial charge in [0.25, 0.3) is 0 Å². The first-order chi connectivity index (χ1) is 18.2. The van der Waals surface area contributed by atoms with Gasteiger partial charge in [-0.05, 0) is 50.8 Å². The Balaban J connectivity index is 2.92. The van der Waals surface area contributed by atoms with Crippen LogP contribution in [0.1, 0.15) is 53.5 Å². The van der Waals surface area contributed by atoms with Crippen molar-refractivity contribution in [2.75, 3.05) is 20.3 Å². The standard InChI is InChI=1S/C28H41ClN2O8/c1-9-12-37-26(34)23(13-17(2)3)38-25(33)18(4)16-30-24(32)21(31-27(35)39-28(5,6)7)15-19-10-11-22(36-8)20(29)14-19/h9-11,14,17-18,21,23H,1,12-13,15-16H2,2-8H3,(H,30,32)(H,31,35)/t18-,21-,23+/m1/s1. The molecule has 3 atom stereocenters. The molecule has 0 heterocycles. The van der Waals surface area contributed by atoms with Gasteiger partial charge in [-0.3, -0.25) is 9.59 Å². The van der Waals surface area contributed by atoms with Crippen molar-refractivity contribution in [3.05, 3.63) is 41.4 Å². The number of ether oxygens (including phenoxy) is 4. The van der Waals surface area contributed by atoms with Gasteiger partial charge in [-0.25, -0.2) is 9.59 Å². The lowest BCUT2D eigenvalue weighted by atomic mass is 10.0. The third kappa shape index (κ3) is 12.9. The van der Waals surface area contributed by atoms with Gasteiger partial charge in [0.05, 0.1) is 18.1 Å². The highest BCUT2D eigenvalue weighted by atomic mass is 35.5. The van der Waals surface area contributed by atoms with Crippen LogP contribution in [0, 0.1) is 11.8 Å². The fourth-order valence-corrected chi connectivity index (χ4v) is 3.58. The van der Waals surface area contributed by atoms with E-state index in [1.54, 1.807) is 45.9 Å². The van der Waals surface area contributed by atoms with Gasteiger partial charge in [-0.1, -0.05) is 51.1 Å².